The highest BCUT2D eigenvalue weighted by Gasteiger charge is 2.39. The number of thioether (sulfide) groups is 1. The molecule has 1 aromatic carbocycles. The van der Waals surface area contributed by atoms with Gasteiger partial charge in [-0.25, -0.2) is 4.98 Å². The van der Waals surface area contributed by atoms with E-state index in [1.165, 1.54) is 24.9 Å². The SMILES string of the molecule is Cc1ncoc1-c1nnc(SCCCN2CC3[C@H](CCCN3c3ccc(C(F)(F)F)cc3)C2)n1C. The van der Waals surface area contributed by atoms with Gasteiger partial charge in [-0.05, 0) is 62.9 Å². The lowest BCUT2D eigenvalue weighted by Crippen LogP contribution is -2.45. The van der Waals surface area contributed by atoms with Crippen LogP contribution in [0, 0.1) is 12.8 Å². The van der Waals surface area contributed by atoms with Gasteiger partial charge in [-0.1, -0.05) is 11.8 Å². The molecule has 2 aliphatic heterocycles. The summed E-state index contributed by atoms with van der Waals surface area (Å²) in [6, 6.07) is 6.01. The first-order valence-corrected chi connectivity index (χ1v) is 12.9. The Balaban J connectivity index is 1.14. The molecule has 2 fully saturated rings. The van der Waals surface area contributed by atoms with Gasteiger partial charge in [0.25, 0.3) is 0 Å². The molecular formula is C24H29F3N6OS. The van der Waals surface area contributed by atoms with Crippen LogP contribution in [0.3, 0.4) is 0 Å². The minimum atomic E-state index is -4.30. The number of halogens is 3. The lowest BCUT2D eigenvalue weighted by atomic mass is 9.91. The first-order valence-electron chi connectivity index (χ1n) is 11.9. The van der Waals surface area contributed by atoms with Gasteiger partial charge in [0.05, 0.1) is 11.3 Å². The largest absolute Gasteiger partial charge is 0.440 e. The quantitative estimate of drug-likeness (QED) is 0.334. The number of hydrogen-bond donors (Lipinski definition) is 0. The van der Waals surface area contributed by atoms with E-state index < -0.39 is 11.7 Å². The van der Waals surface area contributed by atoms with Crippen molar-refractivity contribution in [1.82, 2.24) is 24.6 Å². The number of anilines is 1. The van der Waals surface area contributed by atoms with E-state index in [9.17, 15) is 13.2 Å². The maximum absolute atomic E-state index is 13.0. The van der Waals surface area contributed by atoms with Crippen molar-refractivity contribution in [1.29, 1.82) is 0 Å². The Bertz CT molecular complexity index is 1150. The molecule has 0 amide bonds. The molecule has 2 saturated heterocycles. The van der Waals surface area contributed by atoms with E-state index >= 15 is 0 Å². The Kier molecular flexibility index (Phi) is 6.80. The van der Waals surface area contributed by atoms with Gasteiger partial charge in [-0.15, -0.1) is 10.2 Å². The predicted molar refractivity (Wildman–Crippen MR) is 128 cm³/mol. The smallest absolute Gasteiger partial charge is 0.416 e. The number of rotatable bonds is 7. The fraction of sp³-hybridized carbons (Fsp3) is 0.542. The van der Waals surface area contributed by atoms with Crippen LogP contribution in [0.2, 0.25) is 0 Å². The van der Waals surface area contributed by atoms with Crippen LogP contribution in [0.25, 0.3) is 11.6 Å². The number of aromatic nitrogens is 4. The number of oxazole rings is 1. The second-order valence-electron chi connectivity index (χ2n) is 9.30. The van der Waals surface area contributed by atoms with Crippen LogP contribution in [-0.2, 0) is 13.2 Å². The zero-order chi connectivity index (χ0) is 24.6. The Labute approximate surface area is 206 Å². The second kappa shape index (κ2) is 9.85. The first-order chi connectivity index (χ1) is 16.8. The molecular weight excluding hydrogens is 477 g/mol. The van der Waals surface area contributed by atoms with Gasteiger partial charge in [0.2, 0.25) is 5.82 Å². The first kappa shape index (κ1) is 24.2. The van der Waals surface area contributed by atoms with E-state index in [4.69, 9.17) is 4.42 Å². The van der Waals surface area contributed by atoms with E-state index in [-0.39, 0.29) is 0 Å². The monoisotopic (exact) mass is 506 g/mol. The maximum atomic E-state index is 13.0. The molecule has 2 atom stereocenters. The number of aryl methyl sites for hydroxylation is 1. The molecule has 0 spiro atoms. The van der Waals surface area contributed by atoms with E-state index in [1.54, 1.807) is 23.9 Å². The molecule has 11 heteroatoms. The van der Waals surface area contributed by atoms with Crippen LogP contribution in [-0.4, -0.2) is 62.6 Å². The lowest BCUT2D eigenvalue weighted by Gasteiger charge is -2.39. The van der Waals surface area contributed by atoms with Crippen LogP contribution in [0.4, 0.5) is 18.9 Å². The number of likely N-dealkylation sites (tertiary alicyclic amines) is 1. The van der Waals surface area contributed by atoms with Crippen LogP contribution in [0.1, 0.15) is 30.5 Å². The molecule has 0 bridgehead atoms. The Hall–Kier alpha value is -2.53. The van der Waals surface area contributed by atoms with Crippen LogP contribution in [0.15, 0.2) is 40.2 Å². The van der Waals surface area contributed by atoms with E-state index in [1.807, 2.05) is 18.5 Å². The fourth-order valence-corrected chi connectivity index (χ4v) is 6.05. The van der Waals surface area contributed by atoms with Gasteiger partial charge >= 0.3 is 6.18 Å². The average Bonchev–Trinajstić information content (AvgIpc) is 3.54. The molecule has 5 rings (SSSR count). The highest BCUT2D eigenvalue weighted by atomic mass is 32.2. The summed E-state index contributed by atoms with van der Waals surface area (Å²) >= 11 is 1.68. The van der Waals surface area contributed by atoms with Crippen molar-refractivity contribution < 1.29 is 17.6 Å². The maximum Gasteiger partial charge on any atom is 0.416 e. The molecule has 1 unspecified atom stereocenters. The molecule has 7 nitrogen and oxygen atoms in total. The third-order valence-corrected chi connectivity index (χ3v) is 8.12. The molecule has 2 aromatic heterocycles. The highest BCUT2D eigenvalue weighted by molar-refractivity contribution is 7.99. The normalized spacial score (nSPS) is 21.0. The van der Waals surface area contributed by atoms with Gasteiger partial charge in [0.15, 0.2) is 17.3 Å². The van der Waals surface area contributed by atoms with Crippen molar-refractivity contribution in [2.45, 2.75) is 43.6 Å². The van der Waals surface area contributed by atoms with Gasteiger partial charge in [0, 0.05) is 44.2 Å². The summed E-state index contributed by atoms with van der Waals surface area (Å²) in [5.74, 6) is 2.80. The zero-order valence-electron chi connectivity index (χ0n) is 19.8. The van der Waals surface area contributed by atoms with Crippen LogP contribution >= 0.6 is 11.8 Å². The summed E-state index contributed by atoms with van der Waals surface area (Å²) in [6.45, 7) is 5.77. The highest BCUT2D eigenvalue weighted by Crippen LogP contribution is 2.36. The van der Waals surface area contributed by atoms with Crippen LogP contribution in [0.5, 0.6) is 0 Å². The number of fused-ring (bicyclic) bond motifs is 1. The van der Waals surface area contributed by atoms with Gasteiger partial charge in [-0.3, -0.25) is 0 Å². The number of hydrogen-bond acceptors (Lipinski definition) is 7. The van der Waals surface area contributed by atoms with E-state index in [0.717, 1.165) is 61.3 Å². The molecule has 3 aromatic rings. The van der Waals surface area contributed by atoms with Crippen molar-refractivity contribution in [2.24, 2.45) is 13.0 Å². The minimum absolute atomic E-state index is 0.361. The number of alkyl halides is 3. The molecule has 188 valence electrons. The molecule has 4 heterocycles. The summed E-state index contributed by atoms with van der Waals surface area (Å²) in [4.78, 5) is 8.94. The summed E-state index contributed by atoms with van der Waals surface area (Å²) < 4.78 is 46.2. The van der Waals surface area contributed by atoms with Gasteiger partial charge in [-0.2, -0.15) is 13.2 Å². The molecule has 35 heavy (non-hydrogen) atoms. The van der Waals surface area contributed by atoms with Crippen molar-refractivity contribution in [3.05, 3.63) is 41.9 Å². The molecule has 0 radical (unpaired) electrons. The summed E-state index contributed by atoms with van der Waals surface area (Å²) in [6.07, 6.45) is 0.389. The fourth-order valence-electron chi connectivity index (χ4n) is 5.22. The third-order valence-electron chi connectivity index (χ3n) is 7.02. The Morgan fingerprint density at radius 1 is 1.14 bits per heavy atom. The molecule has 2 aliphatic rings. The van der Waals surface area contributed by atoms with Crippen LogP contribution < -0.4 is 4.90 Å². The van der Waals surface area contributed by atoms with Gasteiger partial charge in [0.1, 0.15) is 0 Å². The predicted octanol–water partition coefficient (Wildman–Crippen LogP) is 4.88. The molecule has 0 aliphatic carbocycles. The summed E-state index contributed by atoms with van der Waals surface area (Å²) in [5.41, 5.74) is 1.09. The Morgan fingerprint density at radius 3 is 2.66 bits per heavy atom. The number of benzene rings is 1. The standard InChI is InChI=1S/C24H29F3N6OS/c1-16-21(34-15-28-16)22-29-30-23(31(22)2)35-12-4-10-32-13-17-5-3-11-33(20(17)14-32)19-8-6-18(7-9-19)24(25,26)27/h6-9,15,17,20H,3-5,10-14H2,1-2H3/t17-,20?/m1/s1. The van der Waals surface area contributed by atoms with E-state index in [0.29, 0.717) is 23.5 Å². The second-order valence-corrected chi connectivity index (χ2v) is 10.4. The molecule has 0 N–H and O–H groups in total. The van der Waals surface area contributed by atoms with Crippen molar-refractivity contribution in [3.63, 3.8) is 0 Å². The lowest BCUT2D eigenvalue weighted by molar-refractivity contribution is -0.137. The number of nitrogens with zero attached hydrogens (tertiary/aromatic N) is 6. The van der Waals surface area contributed by atoms with Gasteiger partial charge < -0.3 is 18.8 Å². The third kappa shape index (κ3) is 5.06. The summed E-state index contributed by atoms with van der Waals surface area (Å²) in [5, 5.41) is 9.41. The Morgan fingerprint density at radius 2 is 1.94 bits per heavy atom. The van der Waals surface area contributed by atoms with E-state index in [2.05, 4.69) is 25.0 Å². The van der Waals surface area contributed by atoms with Crippen molar-refractivity contribution in [2.75, 3.05) is 36.8 Å². The number of piperidine rings is 1. The van der Waals surface area contributed by atoms with Crippen molar-refractivity contribution >= 4 is 17.4 Å². The van der Waals surface area contributed by atoms with Crippen molar-refractivity contribution in [3.8, 4) is 11.6 Å². The zero-order valence-corrected chi connectivity index (χ0v) is 20.6. The summed E-state index contributed by atoms with van der Waals surface area (Å²) in [7, 11) is 1.93. The molecule has 0 saturated carbocycles. The average molecular weight is 507 g/mol. The minimum Gasteiger partial charge on any atom is -0.440 e. The topological polar surface area (TPSA) is 63.2 Å².